The van der Waals surface area contributed by atoms with Crippen molar-refractivity contribution < 1.29 is 9.53 Å². The summed E-state index contributed by atoms with van der Waals surface area (Å²) in [6.07, 6.45) is 0.400. The van der Waals surface area contributed by atoms with E-state index in [0.29, 0.717) is 17.4 Å². The van der Waals surface area contributed by atoms with E-state index < -0.39 is 0 Å². The van der Waals surface area contributed by atoms with E-state index in [9.17, 15) is 4.79 Å². The number of carbonyl (C=O) groups excluding carboxylic acids is 1. The van der Waals surface area contributed by atoms with Gasteiger partial charge in [0.1, 0.15) is 5.75 Å². The minimum absolute atomic E-state index is 0.0269. The van der Waals surface area contributed by atoms with Crippen molar-refractivity contribution in [2.24, 2.45) is 0 Å². The van der Waals surface area contributed by atoms with Crippen molar-refractivity contribution in [3.8, 4) is 17.1 Å². The highest BCUT2D eigenvalue weighted by Gasteiger charge is 2.30. The van der Waals surface area contributed by atoms with E-state index in [4.69, 9.17) is 4.74 Å². The van der Waals surface area contributed by atoms with Crippen molar-refractivity contribution >= 4 is 28.4 Å². The molecule has 0 fully saturated rings. The molecule has 0 N–H and O–H groups in total. The number of ether oxygens (including phenoxy) is 1. The Morgan fingerprint density at radius 3 is 2.64 bits per heavy atom. The zero-order valence-electron chi connectivity index (χ0n) is 15.2. The largest absolute Gasteiger partial charge is 0.497 e. The zero-order chi connectivity index (χ0) is 19.1. The molecule has 0 saturated heterocycles. The van der Waals surface area contributed by atoms with Gasteiger partial charge in [-0.1, -0.05) is 54.2 Å². The van der Waals surface area contributed by atoms with Gasteiger partial charge in [0.2, 0.25) is 0 Å². The first-order valence-corrected chi connectivity index (χ1v) is 9.90. The van der Waals surface area contributed by atoms with Crippen molar-refractivity contribution in [1.29, 1.82) is 0 Å². The summed E-state index contributed by atoms with van der Waals surface area (Å²) in [5, 5.41) is 7.47. The molecule has 28 heavy (non-hydrogen) atoms. The van der Waals surface area contributed by atoms with Gasteiger partial charge in [-0.2, -0.15) is 4.68 Å². The van der Waals surface area contributed by atoms with Crippen molar-refractivity contribution in [2.75, 3.05) is 7.11 Å². The van der Waals surface area contributed by atoms with Crippen LogP contribution in [0, 0.1) is 0 Å². The molecule has 5 nitrogen and oxygen atoms in total. The quantitative estimate of drug-likeness (QED) is 0.496. The third-order valence-electron chi connectivity index (χ3n) is 4.94. The molecule has 0 bridgehead atoms. The number of hydrogen-bond acceptors (Lipinski definition) is 5. The minimum Gasteiger partial charge on any atom is -0.497 e. The molecule has 6 heteroatoms. The molecular weight excluding hydrogens is 370 g/mol. The second kappa shape index (κ2) is 6.80. The van der Waals surface area contributed by atoms with Crippen LogP contribution in [0.15, 0.2) is 71.9 Å². The second-order valence-corrected chi connectivity index (χ2v) is 7.80. The third-order valence-corrected chi connectivity index (χ3v) is 6.12. The minimum atomic E-state index is -0.0288. The number of benzene rings is 3. The number of thioether (sulfide) groups is 1. The van der Waals surface area contributed by atoms with E-state index in [1.165, 1.54) is 15.5 Å². The Labute approximate surface area is 166 Å². The standard InChI is InChI=1S/C22H17N3O2S/c1-27-16-11-9-15(10-12-16)21-23-22-25(24-21)20(26)13-19(28-22)18-8-4-6-14-5-2-3-7-17(14)18/h2-12,19H,13H2,1H3. The Hall–Kier alpha value is -3.12. The van der Waals surface area contributed by atoms with Crippen molar-refractivity contribution in [3.05, 3.63) is 72.3 Å². The van der Waals surface area contributed by atoms with Crippen LogP contribution < -0.4 is 4.74 Å². The first kappa shape index (κ1) is 17.0. The van der Waals surface area contributed by atoms with Gasteiger partial charge in [-0.25, -0.2) is 4.98 Å². The second-order valence-electron chi connectivity index (χ2n) is 6.63. The summed E-state index contributed by atoms with van der Waals surface area (Å²) in [7, 11) is 1.63. The molecule has 0 aliphatic carbocycles. The molecule has 0 spiro atoms. The van der Waals surface area contributed by atoms with Gasteiger partial charge in [-0.15, -0.1) is 5.10 Å². The summed E-state index contributed by atoms with van der Waals surface area (Å²) in [6.45, 7) is 0. The predicted octanol–water partition coefficient (Wildman–Crippen LogP) is 4.98. The van der Waals surface area contributed by atoms with Crippen LogP contribution in [-0.2, 0) is 0 Å². The van der Waals surface area contributed by atoms with Gasteiger partial charge in [0, 0.05) is 17.2 Å². The fourth-order valence-electron chi connectivity index (χ4n) is 3.52. The molecule has 5 rings (SSSR count). The Bertz CT molecular complexity index is 1180. The first-order chi connectivity index (χ1) is 13.7. The fraction of sp³-hybridized carbons (Fsp3) is 0.136. The smallest absolute Gasteiger partial charge is 0.250 e. The van der Waals surface area contributed by atoms with E-state index >= 15 is 0 Å². The summed E-state index contributed by atoms with van der Waals surface area (Å²) < 4.78 is 6.63. The van der Waals surface area contributed by atoms with Crippen molar-refractivity contribution in [1.82, 2.24) is 14.8 Å². The topological polar surface area (TPSA) is 57.0 Å². The van der Waals surface area contributed by atoms with Gasteiger partial charge in [-0.05, 0) is 40.6 Å². The molecule has 1 aliphatic rings. The van der Waals surface area contributed by atoms with E-state index in [0.717, 1.165) is 16.9 Å². The van der Waals surface area contributed by atoms with Gasteiger partial charge in [0.25, 0.3) is 5.91 Å². The molecule has 1 atom stereocenters. The lowest BCUT2D eigenvalue weighted by Crippen LogP contribution is -2.21. The molecule has 138 valence electrons. The van der Waals surface area contributed by atoms with Gasteiger partial charge in [0.05, 0.1) is 7.11 Å². The maximum atomic E-state index is 12.8. The average molecular weight is 387 g/mol. The monoisotopic (exact) mass is 387 g/mol. The molecule has 1 aliphatic heterocycles. The highest BCUT2D eigenvalue weighted by molar-refractivity contribution is 7.99. The van der Waals surface area contributed by atoms with Gasteiger partial charge >= 0.3 is 0 Å². The lowest BCUT2D eigenvalue weighted by atomic mass is 10.0. The van der Waals surface area contributed by atoms with Crippen LogP contribution >= 0.6 is 11.8 Å². The molecule has 0 saturated carbocycles. The van der Waals surface area contributed by atoms with Gasteiger partial charge < -0.3 is 4.74 Å². The lowest BCUT2D eigenvalue weighted by molar-refractivity contribution is 0.0868. The van der Waals surface area contributed by atoms with Crippen LogP contribution in [0.25, 0.3) is 22.2 Å². The van der Waals surface area contributed by atoms with E-state index in [-0.39, 0.29) is 11.2 Å². The van der Waals surface area contributed by atoms with Crippen LogP contribution in [0.3, 0.4) is 0 Å². The van der Waals surface area contributed by atoms with Crippen molar-refractivity contribution in [3.63, 3.8) is 0 Å². The molecule has 3 aromatic carbocycles. The summed E-state index contributed by atoms with van der Waals surface area (Å²) in [4.78, 5) is 17.4. The molecule has 2 heterocycles. The Balaban J connectivity index is 1.51. The average Bonchev–Trinajstić information content (AvgIpc) is 3.18. The summed E-state index contributed by atoms with van der Waals surface area (Å²) in [6, 6.07) is 22.0. The highest BCUT2D eigenvalue weighted by Crippen LogP contribution is 2.43. The molecule has 4 aromatic rings. The number of methoxy groups -OCH3 is 1. The highest BCUT2D eigenvalue weighted by atomic mass is 32.2. The van der Waals surface area contributed by atoms with E-state index in [1.54, 1.807) is 18.9 Å². The normalized spacial score (nSPS) is 16.2. The maximum absolute atomic E-state index is 12.8. The molecule has 0 amide bonds. The summed E-state index contributed by atoms with van der Waals surface area (Å²) in [5.74, 6) is 1.30. The van der Waals surface area contributed by atoms with Crippen LogP contribution in [-0.4, -0.2) is 27.8 Å². The molecule has 1 aromatic heterocycles. The van der Waals surface area contributed by atoms with Gasteiger partial charge in [0.15, 0.2) is 11.0 Å². The van der Waals surface area contributed by atoms with Crippen LogP contribution in [0.2, 0.25) is 0 Å². The SMILES string of the molecule is COc1ccc(-c2nc3n(n2)C(=O)CC(c2cccc4ccccc24)S3)cc1. The first-order valence-electron chi connectivity index (χ1n) is 9.02. The number of rotatable bonds is 3. The number of hydrogen-bond donors (Lipinski definition) is 0. The van der Waals surface area contributed by atoms with Crippen LogP contribution in [0.5, 0.6) is 5.75 Å². The number of nitrogens with zero attached hydrogens (tertiary/aromatic N) is 3. The van der Waals surface area contributed by atoms with Gasteiger partial charge in [-0.3, -0.25) is 4.79 Å². The van der Waals surface area contributed by atoms with E-state index in [1.807, 2.05) is 42.5 Å². The number of carbonyl (C=O) groups is 1. The molecule has 0 radical (unpaired) electrons. The maximum Gasteiger partial charge on any atom is 0.250 e. The fourth-order valence-corrected chi connectivity index (χ4v) is 4.71. The number of aromatic nitrogens is 3. The Morgan fingerprint density at radius 2 is 1.82 bits per heavy atom. The van der Waals surface area contributed by atoms with Crippen molar-refractivity contribution in [2.45, 2.75) is 16.8 Å². The lowest BCUT2D eigenvalue weighted by Gasteiger charge is -2.21. The Morgan fingerprint density at radius 1 is 1.04 bits per heavy atom. The third kappa shape index (κ3) is 2.86. The summed E-state index contributed by atoms with van der Waals surface area (Å²) >= 11 is 1.60. The number of fused-ring (bicyclic) bond motifs is 2. The Kier molecular flexibility index (Phi) is 4.13. The molecular formula is C22H17N3O2S. The zero-order valence-corrected chi connectivity index (χ0v) is 16.0. The van der Waals surface area contributed by atoms with Crippen LogP contribution in [0.4, 0.5) is 0 Å². The summed E-state index contributed by atoms with van der Waals surface area (Å²) in [5.41, 5.74) is 2.02. The van der Waals surface area contributed by atoms with Crippen LogP contribution in [0.1, 0.15) is 22.0 Å². The predicted molar refractivity (Wildman–Crippen MR) is 110 cm³/mol. The van der Waals surface area contributed by atoms with E-state index in [2.05, 4.69) is 34.3 Å². The molecule has 1 unspecified atom stereocenters.